The smallest absolute Gasteiger partial charge is 0.229 e. The Balaban J connectivity index is 2.02. The third-order valence-electron chi connectivity index (χ3n) is 2.68. The van der Waals surface area contributed by atoms with Crippen LogP contribution in [0.5, 0.6) is 0 Å². The van der Waals surface area contributed by atoms with Gasteiger partial charge < -0.3 is 5.32 Å². The molecule has 0 aliphatic heterocycles. The molecule has 112 valence electrons. The SMILES string of the molecule is CS(=O)(=O)Nc1ccc(NCc2cc(Cl)ccc2Br)cc1. The summed E-state index contributed by atoms with van der Waals surface area (Å²) in [6, 6.07) is 12.6. The van der Waals surface area contributed by atoms with Crippen molar-refractivity contribution in [2.45, 2.75) is 6.54 Å². The van der Waals surface area contributed by atoms with E-state index >= 15 is 0 Å². The quantitative estimate of drug-likeness (QED) is 0.810. The molecule has 0 amide bonds. The molecular weight excluding hydrogens is 376 g/mol. The number of hydrogen-bond donors (Lipinski definition) is 2. The third-order valence-corrected chi connectivity index (χ3v) is 4.29. The lowest BCUT2D eigenvalue weighted by Gasteiger charge is -2.10. The zero-order chi connectivity index (χ0) is 15.5. The van der Waals surface area contributed by atoms with Gasteiger partial charge in [0.25, 0.3) is 0 Å². The minimum atomic E-state index is -3.25. The predicted molar refractivity (Wildman–Crippen MR) is 91.4 cm³/mol. The molecule has 0 radical (unpaired) electrons. The molecule has 7 heteroatoms. The van der Waals surface area contributed by atoms with Crippen molar-refractivity contribution in [2.75, 3.05) is 16.3 Å². The van der Waals surface area contributed by atoms with Gasteiger partial charge >= 0.3 is 0 Å². The van der Waals surface area contributed by atoms with Gasteiger partial charge in [0, 0.05) is 27.4 Å². The lowest BCUT2D eigenvalue weighted by Crippen LogP contribution is -2.09. The molecule has 4 nitrogen and oxygen atoms in total. The van der Waals surface area contributed by atoms with Crippen molar-refractivity contribution >= 4 is 48.9 Å². The molecule has 0 saturated heterocycles. The van der Waals surface area contributed by atoms with Crippen LogP contribution in [0.4, 0.5) is 11.4 Å². The summed E-state index contributed by atoms with van der Waals surface area (Å²) in [6.07, 6.45) is 1.12. The van der Waals surface area contributed by atoms with Crippen molar-refractivity contribution in [2.24, 2.45) is 0 Å². The van der Waals surface area contributed by atoms with Gasteiger partial charge in [-0.1, -0.05) is 27.5 Å². The Morgan fingerprint density at radius 1 is 1.10 bits per heavy atom. The summed E-state index contributed by atoms with van der Waals surface area (Å²) >= 11 is 9.44. The van der Waals surface area contributed by atoms with Crippen molar-refractivity contribution in [3.8, 4) is 0 Å². The average Bonchev–Trinajstić information content (AvgIpc) is 2.40. The Kier molecular flexibility index (Phi) is 5.13. The Morgan fingerprint density at radius 2 is 1.71 bits per heavy atom. The highest BCUT2D eigenvalue weighted by molar-refractivity contribution is 9.10. The van der Waals surface area contributed by atoms with Crippen LogP contribution in [0.2, 0.25) is 5.02 Å². The summed E-state index contributed by atoms with van der Waals surface area (Å²) in [7, 11) is -3.25. The molecule has 21 heavy (non-hydrogen) atoms. The van der Waals surface area contributed by atoms with Crippen LogP contribution in [0, 0.1) is 0 Å². The standard InChI is InChI=1S/C14H14BrClN2O2S/c1-21(19,20)18-13-5-3-12(4-6-13)17-9-10-8-11(16)2-7-14(10)15/h2-8,17-18H,9H2,1H3. The number of rotatable bonds is 5. The summed E-state index contributed by atoms with van der Waals surface area (Å²) in [5.74, 6) is 0. The van der Waals surface area contributed by atoms with E-state index in [0.717, 1.165) is 22.0 Å². The Hall–Kier alpha value is -1.24. The van der Waals surface area contributed by atoms with Gasteiger partial charge in [0.1, 0.15) is 0 Å². The first-order chi connectivity index (χ1) is 9.83. The van der Waals surface area contributed by atoms with E-state index in [0.29, 0.717) is 17.3 Å². The molecule has 0 heterocycles. The summed E-state index contributed by atoms with van der Waals surface area (Å²) in [4.78, 5) is 0. The number of halogens is 2. The molecule has 0 aliphatic carbocycles. The van der Waals surface area contributed by atoms with E-state index < -0.39 is 10.0 Å². The molecule has 2 aromatic rings. The minimum Gasteiger partial charge on any atom is -0.381 e. The summed E-state index contributed by atoms with van der Waals surface area (Å²) < 4.78 is 25.6. The van der Waals surface area contributed by atoms with Crippen molar-refractivity contribution in [3.63, 3.8) is 0 Å². The second-order valence-electron chi connectivity index (χ2n) is 4.54. The zero-order valence-electron chi connectivity index (χ0n) is 11.2. The van der Waals surface area contributed by atoms with Crippen LogP contribution in [-0.2, 0) is 16.6 Å². The Morgan fingerprint density at radius 3 is 2.33 bits per heavy atom. The highest BCUT2D eigenvalue weighted by Crippen LogP contribution is 2.22. The van der Waals surface area contributed by atoms with Crippen molar-refractivity contribution in [1.82, 2.24) is 0 Å². The molecule has 0 unspecified atom stereocenters. The van der Waals surface area contributed by atoms with Crippen LogP contribution in [0.15, 0.2) is 46.9 Å². The number of anilines is 2. The van der Waals surface area contributed by atoms with Crippen LogP contribution < -0.4 is 10.0 Å². The molecule has 0 saturated carbocycles. The first-order valence-electron chi connectivity index (χ1n) is 6.09. The highest BCUT2D eigenvalue weighted by Gasteiger charge is 2.03. The monoisotopic (exact) mass is 388 g/mol. The molecular formula is C14H14BrClN2O2S. The first kappa shape index (κ1) is 16.1. The average molecular weight is 390 g/mol. The van der Waals surface area contributed by atoms with Crippen LogP contribution in [-0.4, -0.2) is 14.7 Å². The number of sulfonamides is 1. The fourth-order valence-corrected chi connectivity index (χ4v) is 2.89. The fraction of sp³-hybridized carbons (Fsp3) is 0.143. The molecule has 0 aromatic heterocycles. The maximum absolute atomic E-state index is 11.1. The van der Waals surface area contributed by atoms with E-state index in [2.05, 4.69) is 26.0 Å². The Bertz CT molecular complexity index is 733. The van der Waals surface area contributed by atoms with Crippen LogP contribution in [0.1, 0.15) is 5.56 Å². The van der Waals surface area contributed by atoms with Crippen LogP contribution in [0.3, 0.4) is 0 Å². The van der Waals surface area contributed by atoms with Gasteiger partial charge in [-0.05, 0) is 48.0 Å². The topological polar surface area (TPSA) is 58.2 Å². The lowest BCUT2D eigenvalue weighted by molar-refractivity contribution is 0.607. The maximum Gasteiger partial charge on any atom is 0.229 e. The molecule has 0 aliphatic rings. The molecule has 0 spiro atoms. The molecule has 2 rings (SSSR count). The molecule has 0 bridgehead atoms. The van der Waals surface area contributed by atoms with Gasteiger partial charge in [-0.3, -0.25) is 4.72 Å². The van der Waals surface area contributed by atoms with E-state index in [-0.39, 0.29) is 0 Å². The minimum absolute atomic E-state index is 0.534. The van der Waals surface area contributed by atoms with E-state index in [9.17, 15) is 8.42 Å². The van der Waals surface area contributed by atoms with Gasteiger partial charge in [-0.2, -0.15) is 0 Å². The van der Waals surface area contributed by atoms with Gasteiger partial charge in [0.15, 0.2) is 0 Å². The van der Waals surface area contributed by atoms with Crippen LogP contribution >= 0.6 is 27.5 Å². The van der Waals surface area contributed by atoms with Crippen molar-refractivity contribution in [3.05, 3.63) is 57.5 Å². The second-order valence-corrected chi connectivity index (χ2v) is 7.58. The summed E-state index contributed by atoms with van der Waals surface area (Å²) in [6.45, 7) is 0.611. The second kappa shape index (κ2) is 6.68. The predicted octanol–water partition coefficient (Wildman–Crippen LogP) is 4.09. The van der Waals surface area contributed by atoms with Gasteiger partial charge in [-0.25, -0.2) is 8.42 Å². The molecule has 2 N–H and O–H groups in total. The molecule has 2 aromatic carbocycles. The normalized spacial score (nSPS) is 11.2. The first-order valence-corrected chi connectivity index (χ1v) is 9.15. The summed E-state index contributed by atoms with van der Waals surface area (Å²) in [5.41, 5.74) is 2.47. The molecule has 0 atom stereocenters. The van der Waals surface area contributed by atoms with Gasteiger partial charge in [0.2, 0.25) is 10.0 Å². The third kappa shape index (κ3) is 5.22. The highest BCUT2D eigenvalue weighted by atomic mass is 79.9. The maximum atomic E-state index is 11.1. The largest absolute Gasteiger partial charge is 0.381 e. The van der Waals surface area contributed by atoms with Crippen LogP contribution in [0.25, 0.3) is 0 Å². The lowest BCUT2D eigenvalue weighted by atomic mass is 10.2. The number of nitrogens with one attached hydrogen (secondary N) is 2. The fourth-order valence-electron chi connectivity index (χ4n) is 1.75. The van der Waals surface area contributed by atoms with Crippen molar-refractivity contribution in [1.29, 1.82) is 0 Å². The number of hydrogen-bond acceptors (Lipinski definition) is 3. The molecule has 0 fully saturated rings. The van der Waals surface area contributed by atoms with E-state index in [1.54, 1.807) is 12.1 Å². The Labute approximate surface area is 137 Å². The van der Waals surface area contributed by atoms with Crippen molar-refractivity contribution < 1.29 is 8.42 Å². The number of benzene rings is 2. The zero-order valence-corrected chi connectivity index (χ0v) is 14.4. The van der Waals surface area contributed by atoms with E-state index in [4.69, 9.17) is 11.6 Å². The van der Waals surface area contributed by atoms with Gasteiger partial charge in [0.05, 0.1) is 6.26 Å². The van der Waals surface area contributed by atoms with E-state index in [1.165, 1.54) is 0 Å². The van der Waals surface area contributed by atoms with Gasteiger partial charge in [-0.15, -0.1) is 0 Å². The van der Waals surface area contributed by atoms with E-state index in [1.807, 2.05) is 30.3 Å². The summed E-state index contributed by atoms with van der Waals surface area (Å²) in [5, 5.41) is 3.94.